The molecule has 64 valence electrons. The molecule has 1 aliphatic carbocycles. The molecule has 1 unspecified atom stereocenters. The predicted molar refractivity (Wildman–Crippen MR) is 55.4 cm³/mol. The van der Waals surface area contributed by atoms with Gasteiger partial charge in [-0.3, -0.25) is 0 Å². The third-order valence-corrected chi connectivity index (χ3v) is 2.77. The predicted octanol–water partition coefficient (Wildman–Crippen LogP) is 1.27. The van der Waals surface area contributed by atoms with Gasteiger partial charge in [0.25, 0.3) is 0 Å². The van der Waals surface area contributed by atoms with Gasteiger partial charge in [0.05, 0.1) is 0 Å². The second-order valence-corrected chi connectivity index (χ2v) is 4.05. The largest absolute Gasteiger partial charge is 0.474 e. The molecule has 0 saturated carbocycles. The van der Waals surface area contributed by atoms with Gasteiger partial charge in [-0.1, -0.05) is 24.3 Å². The second-order valence-electron chi connectivity index (χ2n) is 3.15. The van der Waals surface area contributed by atoms with Crippen molar-refractivity contribution in [3.8, 4) is 0 Å². The summed E-state index contributed by atoms with van der Waals surface area (Å²) in [6.45, 7) is 0. The summed E-state index contributed by atoms with van der Waals surface area (Å²) in [4.78, 5) is 0. The van der Waals surface area contributed by atoms with E-state index >= 15 is 0 Å². The maximum absolute atomic E-state index is 5.62. The Bertz CT molecular complexity index is 513. The van der Waals surface area contributed by atoms with Crippen LogP contribution in [0.3, 0.4) is 0 Å². The zero-order valence-corrected chi connectivity index (χ0v) is 8.41. The zero-order valence-electron chi connectivity index (χ0n) is 6.83. The van der Waals surface area contributed by atoms with Gasteiger partial charge >= 0.3 is 0 Å². The fraction of sp³-hybridized carbons (Fsp3) is 0.0909. The van der Waals surface area contributed by atoms with Gasteiger partial charge < -0.3 is 4.74 Å². The summed E-state index contributed by atoms with van der Waals surface area (Å²) >= 11 is 3.41. The summed E-state index contributed by atoms with van der Waals surface area (Å²) in [7, 11) is 0. The van der Waals surface area contributed by atoms with E-state index in [1.807, 2.05) is 12.1 Å². The number of halogens is 1. The number of fused-ring (bicyclic) bond motifs is 2. The van der Waals surface area contributed by atoms with E-state index in [2.05, 4.69) is 40.2 Å². The highest BCUT2D eigenvalue weighted by Gasteiger charge is 2.21. The van der Waals surface area contributed by atoms with Crippen molar-refractivity contribution in [1.29, 1.82) is 0 Å². The molecule has 1 aliphatic heterocycles. The molecule has 0 bridgehead atoms. The molecule has 1 aromatic rings. The van der Waals surface area contributed by atoms with Crippen molar-refractivity contribution in [2.75, 3.05) is 0 Å². The monoisotopic (exact) mass is 234 g/mol. The molecule has 0 spiro atoms. The smallest absolute Gasteiger partial charge is 0.172 e. The van der Waals surface area contributed by atoms with Gasteiger partial charge in [-0.25, -0.2) is 0 Å². The molecule has 0 fully saturated rings. The summed E-state index contributed by atoms with van der Waals surface area (Å²) in [5, 5.41) is 2.50. The number of hydrogen-bond donors (Lipinski definition) is 0. The SMILES string of the molecule is BrC1C=C2C=c3ccccc3=C2O1. The van der Waals surface area contributed by atoms with Crippen LogP contribution in [0.25, 0.3) is 11.8 Å². The summed E-state index contributed by atoms with van der Waals surface area (Å²) in [5.41, 5.74) is 1.20. The van der Waals surface area contributed by atoms with Crippen LogP contribution >= 0.6 is 15.9 Å². The van der Waals surface area contributed by atoms with E-state index in [-0.39, 0.29) is 5.01 Å². The molecule has 1 atom stereocenters. The van der Waals surface area contributed by atoms with Gasteiger partial charge in [0, 0.05) is 10.8 Å². The number of benzene rings is 1. The average molecular weight is 235 g/mol. The van der Waals surface area contributed by atoms with Crippen LogP contribution in [0.15, 0.2) is 35.9 Å². The lowest BCUT2D eigenvalue weighted by Crippen LogP contribution is -2.22. The Balaban J connectivity index is 2.40. The number of ether oxygens (including phenoxy) is 1. The van der Waals surface area contributed by atoms with Crippen LogP contribution in [0.1, 0.15) is 0 Å². The Morgan fingerprint density at radius 1 is 1.23 bits per heavy atom. The minimum absolute atomic E-state index is 0.0436. The molecule has 1 nitrogen and oxygen atoms in total. The molecule has 3 rings (SSSR count). The third-order valence-electron chi connectivity index (χ3n) is 2.32. The van der Waals surface area contributed by atoms with Crippen LogP contribution in [-0.2, 0) is 4.74 Å². The minimum Gasteiger partial charge on any atom is -0.474 e. The first-order chi connectivity index (χ1) is 6.34. The van der Waals surface area contributed by atoms with Gasteiger partial charge in [-0.15, -0.1) is 0 Å². The first-order valence-corrected chi connectivity index (χ1v) is 5.10. The van der Waals surface area contributed by atoms with Crippen LogP contribution in [0.5, 0.6) is 0 Å². The quantitative estimate of drug-likeness (QED) is 0.615. The van der Waals surface area contributed by atoms with Crippen LogP contribution in [0.4, 0.5) is 0 Å². The molecule has 0 aromatic heterocycles. The molecule has 0 N–H and O–H groups in total. The van der Waals surface area contributed by atoms with Crippen molar-refractivity contribution < 1.29 is 4.74 Å². The molecular formula is C11H7BrO. The van der Waals surface area contributed by atoms with E-state index in [4.69, 9.17) is 4.74 Å². The number of rotatable bonds is 0. The third kappa shape index (κ3) is 0.985. The van der Waals surface area contributed by atoms with Crippen LogP contribution in [-0.4, -0.2) is 5.01 Å². The summed E-state index contributed by atoms with van der Waals surface area (Å²) in [5.74, 6) is 1.01. The molecule has 13 heavy (non-hydrogen) atoms. The normalized spacial score (nSPS) is 23.0. The van der Waals surface area contributed by atoms with Crippen LogP contribution < -0.4 is 10.4 Å². The number of hydrogen-bond acceptors (Lipinski definition) is 1. The second kappa shape index (κ2) is 2.48. The van der Waals surface area contributed by atoms with Crippen molar-refractivity contribution in [2.24, 2.45) is 0 Å². The maximum atomic E-state index is 5.62. The summed E-state index contributed by atoms with van der Waals surface area (Å²) < 4.78 is 5.62. The Morgan fingerprint density at radius 3 is 3.00 bits per heavy atom. The van der Waals surface area contributed by atoms with Gasteiger partial charge in [0.1, 0.15) is 5.76 Å². The van der Waals surface area contributed by atoms with Crippen molar-refractivity contribution >= 4 is 27.8 Å². The van der Waals surface area contributed by atoms with Crippen molar-refractivity contribution in [3.05, 3.63) is 46.4 Å². The van der Waals surface area contributed by atoms with Crippen LogP contribution in [0, 0.1) is 0 Å². The Hall–Kier alpha value is -1.02. The molecule has 1 aromatic carbocycles. The van der Waals surface area contributed by atoms with Gasteiger partial charge in [0.15, 0.2) is 5.01 Å². The Labute approximate surface area is 84.2 Å². The fourth-order valence-electron chi connectivity index (χ4n) is 1.76. The van der Waals surface area contributed by atoms with Gasteiger partial charge in [-0.2, -0.15) is 0 Å². The van der Waals surface area contributed by atoms with E-state index < -0.39 is 0 Å². The van der Waals surface area contributed by atoms with Crippen molar-refractivity contribution in [1.82, 2.24) is 0 Å². The standard InChI is InChI=1S/C11H7BrO/c12-10-6-8-5-7-3-1-2-4-9(7)11(8)13-10/h1-6,10H. The first-order valence-electron chi connectivity index (χ1n) is 4.18. The maximum Gasteiger partial charge on any atom is 0.172 e. The average Bonchev–Trinajstić information content (AvgIpc) is 2.60. The van der Waals surface area contributed by atoms with Crippen molar-refractivity contribution in [2.45, 2.75) is 5.01 Å². The van der Waals surface area contributed by atoms with E-state index in [1.165, 1.54) is 16.0 Å². The number of alkyl halides is 1. The minimum atomic E-state index is 0.0436. The van der Waals surface area contributed by atoms with E-state index in [0.717, 1.165) is 5.76 Å². The highest BCUT2D eigenvalue weighted by atomic mass is 79.9. The zero-order chi connectivity index (χ0) is 8.84. The highest BCUT2D eigenvalue weighted by Crippen LogP contribution is 2.28. The lowest BCUT2D eigenvalue weighted by molar-refractivity contribution is 0.310. The molecule has 0 saturated heterocycles. The highest BCUT2D eigenvalue weighted by molar-refractivity contribution is 9.09. The van der Waals surface area contributed by atoms with Crippen molar-refractivity contribution in [3.63, 3.8) is 0 Å². The molecule has 1 heterocycles. The Kier molecular flexibility index (Phi) is 1.41. The van der Waals surface area contributed by atoms with E-state index in [1.54, 1.807) is 0 Å². The van der Waals surface area contributed by atoms with Crippen LogP contribution in [0.2, 0.25) is 0 Å². The van der Waals surface area contributed by atoms with E-state index in [0.29, 0.717) is 0 Å². The van der Waals surface area contributed by atoms with E-state index in [9.17, 15) is 0 Å². The lowest BCUT2D eigenvalue weighted by atomic mass is 10.2. The Morgan fingerprint density at radius 2 is 2.08 bits per heavy atom. The topological polar surface area (TPSA) is 9.23 Å². The first kappa shape index (κ1) is 7.39. The molecular weight excluding hydrogens is 228 g/mol. The molecule has 0 amide bonds. The lowest BCUT2D eigenvalue weighted by Gasteiger charge is -2.01. The summed E-state index contributed by atoms with van der Waals surface area (Å²) in [6, 6.07) is 8.28. The fourth-order valence-corrected chi connectivity index (χ4v) is 2.23. The molecule has 2 aliphatic rings. The molecule has 0 radical (unpaired) electrons. The molecule has 2 heteroatoms. The van der Waals surface area contributed by atoms with Gasteiger partial charge in [-0.05, 0) is 33.3 Å². The summed E-state index contributed by atoms with van der Waals surface area (Å²) in [6.07, 6.45) is 4.24. The van der Waals surface area contributed by atoms with Gasteiger partial charge in [0.2, 0.25) is 0 Å².